The van der Waals surface area contributed by atoms with Crippen molar-refractivity contribution >= 4 is 16.9 Å². The zero-order chi connectivity index (χ0) is 25.0. The van der Waals surface area contributed by atoms with E-state index in [1.54, 1.807) is 0 Å². The molecule has 1 aliphatic heterocycles. The maximum Gasteiger partial charge on any atom is 0.304 e. The van der Waals surface area contributed by atoms with E-state index in [0.29, 0.717) is 30.2 Å². The molecule has 0 saturated heterocycles. The number of aromatic nitrogens is 4. The maximum atomic E-state index is 10.9. The van der Waals surface area contributed by atoms with Crippen LogP contribution in [-0.2, 0) is 17.8 Å². The number of nitrogens with zero attached hydrogens (tertiary/aromatic N) is 5. The van der Waals surface area contributed by atoms with Gasteiger partial charge in [-0.1, -0.05) is 17.3 Å². The standard InChI is InChI=1S/C28H31N5O3/c1-16(2)33-24-9-7-19(14-23(24)26(30-33)18-4-5-18)28-29-27(31-36-28)22-8-6-20-15-32(13-11-25(34)35)12-10-21(20)17(22)3/h6-9,14,16,18H,4-5,10-13,15H2,1-3H3,(H,34,35). The highest BCUT2D eigenvalue weighted by atomic mass is 16.5. The Morgan fingerprint density at radius 3 is 2.81 bits per heavy atom. The number of carboxylic acid groups (broad SMARTS) is 1. The lowest BCUT2D eigenvalue weighted by Gasteiger charge is -2.29. The second-order valence-electron chi connectivity index (χ2n) is 10.4. The molecule has 0 radical (unpaired) electrons. The van der Waals surface area contributed by atoms with Gasteiger partial charge in [0.15, 0.2) is 0 Å². The fraction of sp³-hybridized carbons (Fsp3) is 0.429. The molecule has 1 fully saturated rings. The van der Waals surface area contributed by atoms with Gasteiger partial charge in [-0.2, -0.15) is 10.1 Å². The van der Waals surface area contributed by atoms with Crippen LogP contribution >= 0.6 is 0 Å². The lowest BCUT2D eigenvalue weighted by atomic mass is 9.91. The van der Waals surface area contributed by atoms with Gasteiger partial charge in [-0.25, -0.2) is 0 Å². The minimum absolute atomic E-state index is 0.171. The third-order valence-electron chi connectivity index (χ3n) is 7.51. The van der Waals surface area contributed by atoms with E-state index in [9.17, 15) is 4.79 Å². The Morgan fingerprint density at radius 2 is 2.06 bits per heavy atom. The van der Waals surface area contributed by atoms with Crippen molar-refractivity contribution in [1.82, 2.24) is 24.8 Å². The van der Waals surface area contributed by atoms with Crippen molar-refractivity contribution < 1.29 is 14.4 Å². The van der Waals surface area contributed by atoms with Gasteiger partial charge in [0, 0.05) is 48.1 Å². The summed E-state index contributed by atoms with van der Waals surface area (Å²) in [4.78, 5) is 17.9. The molecule has 0 unspecified atom stereocenters. The number of carboxylic acids is 1. The van der Waals surface area contributed by atoms with Gasteiger partial charge >= 0.3 is 5.97 Å². The number of carbonyl (C=O) groups is 1. The molecule has 3 heterocycles. The third kappa shape index (κ3) is 4.09. The van der Waals surface area contributed by atoms with Crippen LogP contribution in [-0.4, -0.2) is 49.0 Å². The van der Waals surface area contributed by atoms with Gasteiger partial charge in [-0.3, -0.25) is 14.4 Å². The topological polar surface area (TPSA) is 97.3 Å². The molecule has 8 heteroatoms. The van der Waals surface area contributed by atoms with Gasteiger partial charge in [-0.05, 0) is 74.9 Å². The van der Waals surface area contributed by atoms with Gasteiger partial charge in [0.25, 0.3) is 5.89 Å². The second kappa shape index (κ2) is 8.85. The predicted molar refractivity (Wildman–Crippen MR) is 137 cm³/mol. The average molecular weight is 486 g/mol. The normalized spacial score (nSPS) is 16.1. The zero-order valence-electron chi connectivity index (χ0n) is 21.0. The largest absolute Gasteiger partial charge is 0.481 e. The Bertz CT molecular complexity index is 1460. The molecule has 2 aliphatic rings. The van der Waals surface area contributed by atoms with Crippen LogP contribution in [0.4, 0.5) is 0 Å². The first kappa shape index (κ1) is 22.9. The third-order valence-corrected chi connectivity index (χ3v) is 7.51. The first-order valence-corrected chi connectivity index (χ1v) is 12.8. The number of hydrogen-bond acceptors (Lipinski definition) is 6. The van der Waals surface area contributed by atoms with E-state index in [4.69, 9.17) is 19.7 Å². The van der Waals surface area contributed by atoms with Crippen LogP contribution in [0.15, 0.2) is 34.9 Å². The first-order valence-electron chi connectivity index (χ1n) is 12.8. The van der Waals surface area contributed by atoms with Crippen LogP contribution in [0, 0.1) is 6.92 Å². The smallest absolute Gasteiger partial charge is 0.304 e. The Balaban J connectivity index is 1.29. The molecule has 1 aliphatic carbocycles. The summed E-state index contributed by atoms with van der Waals surface area (Å²) in [5.41, 5.74) is 7.95. The molecule has 0 amide bonds. The summed E-state index contributed by atoms with van der Waals surface area (Å²) < 4.78 is 7.86. The Hall–Kier alpha value is -3.52. The van der Waals surface area contributed by atoms with Crippen LogP contribution in [0.1, 0.15) is 67.5 Å². The van der Waals surface area contributed by atoms with E-state index in [1.165, 1.54) is 40.6 Å². The molecule has 1 saturated carbocycles. The van der Waals surface area contributed by atoms with Crippen LogP contribution in [0.25, 0.3) is 33.7 Å². The van der Waals surface area contributed by atoms with E-state index < -0.39 is 5.97 Å². The number of rotatable bonds is 7. The van der Waals surface area contributed by atoms with Crippen molar-refractivity contribution in [3.63, 3.8) is 0 Å². The number of fused-ring (bicyclic) bond motifs is 2. The van der Waals surface area contributed by atoms with E-state index >= 15 is 0 Å². The Kier molecular flexibility index (Phi) is 5.63. The molecule has 36 heavy (non-hydrogen) atoms. The van der Waals surface area contributed by atoms with Crippen molar-refractivity contribution in [2.75, 3.05) is 13.1 Å². The minimum Gasteiger partial charge on any atom is -0.481 e. The molecule has 0 atom stereocenters. The molecule has 4 aromatic rings. The molecular formula is C28H31N5O3. The molecule has 6 rings (SSSR count). The van der Waals surface area contributed by atoms with E-state index in [-0.39, 0.29) is 6.42 Å². The first-order chi connectivity index (χ1) is 17.4. The summed E-state index contributed by atoms with van der Waals surface area (Å²) in [6, 6.07) is 10.8. The molecule has 2 aromatic carbocycles. The average Bonchev–Trinajstić information content (AvgIpc) is 3.45. The van der Waals surface area contributed by atoms with Gasteiger partial charge in [0.05, 0.1) is 17.6 Å². The SMILES string of the molecule is Cc1c(-c2noc(-c3ccc4c(c3)c(C3CC3)nn4C(C)C)n2)ccc2c1CCN(CCC(=O)O)C2. The van der Waals surface area contributed by atoms with Crippen molar-refractivity contribution in [2.24, 2.45) is 0 Å². The molecular weight excluding hydrogens is 454 g/mol. The van der Waals surface area contributed by atoms with Crippen LogP contribution in [0.2, 0.25) is 0 Å². The minimum atomic E-state index is -0.753. The fourth-order valence-electron chi connectivity index (χ4n) is 5.39. The summed E-state index contributed by atoms with van der Waals surface area (Å²) >= 11 is 0. The van der Waals surface area contributed by atoms with Gasteiger partial charge in [-0.15, -0.1) is 0 Å². The van der Waals surface area contributed by atoms with E-state index in [2.05, 4.69) is 59.8 Å². The van der Waals surface area contributed by atoms with Crippen LogP contribution in [0.3, 0.4) is 0 Å². The van der Waals surface area contributed by atoms with Gasteiger partial charge in [0.1, 0.15) is 0 Å². The second-order valence-corrected chi connectivity index (χ2v) is 10.4. The highest BCUT2D eigenvalue weighted by molar-refractivity contribution is 5.87. The lowest BCUT2D eigenvalue weighted by Crippen LogP contribution is -2.32. The highest BCUT2D eigenvalue weighted by Gasteiger charge is 2.30. The molecule has 8 nitrogen and oxygen atoms in total. The Morgan fingerprint density at radius 1 is 1.22 bits per heavy atom. The van der Waals surface area contributed by atoms with Crippen LogP contribution < -0.4 is 0 Å². The summed E-state index contributed by atoms with van der Waals surface area (Å²) in [6.07, 6.45) is 3.46. The predicted octanol–water partition coefficient (Wildman–Crippen LogP) is 5.35. The van der Waals surface area contributed by atoms with Gasteiger partial charge in [0.2, 0.25) is 5.82 Å². The number of hydrogen-bond donors (Lipinski definition) is 1. The molecule has 0 bridgehead atoms. The van der Waals surface area contributed by atoms with Crippen molar-refractivity contribution in [3.8, 4) is 22.8 Å². The van der Waals surface area contributed by atoms with Crippen LogP contribution in [0.5, 0.6) is 0 Å². The summed E-state index contributed by atoms with van der Waals surface area (Å²) in [7, 11) is 0. The summed E-state index contributed by atoms with van der Waals surface area (Å²) in [6.45, 7) is 8.65. The highest BCUT2D eigenvalue weighted by Crippen LogP contribution is 2.43. The Labute approximate surface area is 209 Å². The summed E-state index contributed by atoms with van der Waals surface area (Å²) in [5.74, 6) is 0.915. The van der Waals surface area contributed by atoms with E-state index in [0.717, 1.165) is 36.2 Å². The number of aliphatic carboxylic acids is 1. The van der Waals surface area contributed by atoms with E-state index in [1.807, 2.05) is 6.07 Å². The maximum absolute atomic E-state index is 10.9. The van der Waals surface area contributed by atoms with Gasteiger partial charge < -0.3 is 9.63 Å². The molecule has 0 spiro atoms. The molecule has 186 valence electrons. The number of benzene rings is 2. The molecule has 1 N–H and O–H groups in total. The quantitative estimate of drug-likeness (QED) is 0.377. The zero-order valence-corrected chi connectivity index (χ0v) is 21.0. The van der Waals surface area contributed by atoms with Crippen molar-refractivity contribution in [3.05, 3.63) is 52.7 Å². The fourth-order valence-corrected chi connectivity index (χ4v) is 5.39. The monoisotopic (exact) mass is 485 g/mol. The molecule has 2 aromatic heterocycles. The summed E-state index contributed by atoms with van der Waals surface area (Å²) in [5, 5.41) is 19.4. The van der Waals surface area contributed by atoms with Crippen molar-refractivity contribution in [1.29, 1.82) is 0 Å². The van der Waals surface area contributed by atoms with Crippen molar-refractivity contribution in [2.45, 2.75) is 65.0 Å². The lowest BCUT2D eigenvalue weighted by molar-refractivity contribution is -0.137.